The summed E-state index contributed by atoms with van der Waals surface area (Å²) in [5.74, 6) is -0.106. The van der Waals surface area contributed by atoms with Crippen LogP contribution in [0.5, 0.6) is 0 Å². The van der Waals surface area contributed by atoms with Gasteiger partial charge in [-0.3, -0.25) is 4.79 Å². The molecule has 84 valence electrons. The molecule has 1 rings (SSSR count). The summed E-state index contributed by atoms with van der Waals surface area (Å²) < 4.78 is 0. The molecule has 0 aliphatic heterocycles. The second kappa shape index (κ2) is 6.98. The molecule has 3 nitrogen and oxygen atoms in total. The second-order valence-electron chi connectivity index (χ2n) is 2.96. The van der Waals surface area contributed by atoms with Crippen molar-refractivity contribution >= 4 is 5.91 Å². The average Bonchev–Trinajstić information content (AvgIpc) is 2.25. The minimum atomic E-state index is -0.106. The van der Waals surface area contributed by atoms with Crippen molar-refractivity contribution in [3.63, 3.8) is 0 Å². The van der Waals surface area contributed by atoms with Crippen molar-refractivity contribution in [3.05, 3.63) is 29.1 Å². The first-order valence-corrected chi connectivity index (χ1v) is 5.37. The zero-order valence-electron chi connectivity index (χ0n) is 10.2. The number of hydrogen-bond donors (Lipinski definition) is 1. The van der Waals surface area contributed by atoms with Crippen LogP contribution in [0.4, 0.5) is 0 Å². The first-order chi connectivity index (χ1) is 7.15. The van der Waals surface area contributed by atoms with Gasteiger partial charge in [-0.05, 0) is 32.4 Å². The highest BCUT2D eigenvalue weighted by Crippen LogP contribution is 2.04. The van der Waals surface area contributed by atoms with Gasteiger partial charge in [0.15, 0.2) is 0 Å². The molecule has 1 aromatic heterocycles. The molecule has 0 aliphatic carbocycles. The molecule has 0 saturated carbocycles. The molecule has 0 spiro atoms. The molecule has 0 atom stereocenters. The van der Waals surface area contributed by atoms with Crippen LogP contribution in [0.25, 0.3) is 0 Å². The number of pyridine rings is 1. The van der Waals surface area contributed by atoms with E-state index < -0.39 is 0 Å². The smallest absolute Gasteiger partial charge is 0.269 e. The summed E-state index contributed by atoms with van der Waals surface area (Å²) in [6.07, 6.45) is 0. The van der Waals surface area contributed by atoms with E-state index in [1.807, 2.05) is 40.7 Å². The van der Waals surface area contributed by atoms with Crippen molar-refractivity contribution in [2.75, 3.05) is 6.54 Å². The third-order valence-electron chi connectivity index (χ3n) is 1.92. The van der Waals surface area contributed by atoms with Crippen LogP contribution in [-0.4, -0.2) is 17.4 Å². The second-order valence-corrected chi connectivity index (χ2v) is 2.96. The summed E-state index contributed by atoms with van der Waals surface area (Å²) in [6.45, 7) is 10.4. The number of carbonyl (C=O) groups excluding carboxylic acids is 1. The predicted molar refractivity (Wildman–Crippen MR) is 63.1 cm³/mol. The largest absolute Gasteiger partial charge is 0.351 e. The van der Waals surface area contributed by atoms with E-state index in [-0.39, 0.29) is 5.91 Å². The zero-order chi connectivity index (χ0) is 11.8. The summed E-state index contributed by atoms with van der Waals surface area (Å²) in [7, 11) is 0. The highest BCUT2D eigenvalue weighted by atomic mass is 16.1. The van der Waals surface area contributed by atoms with Gasteiger partial charge in [0.25, 0.3) is 5.91 Å². The molecule has 3 heteroatoms. The van der Waals surface area contributed by atoms with Gasteiger partial charge in [-0.25, -0.2) is 4.98 Å². The normalized spacial score (nSPS) is 8.87. The summed E-state index contributed by atoms with van der Waals surface area (Å²) in [5, 5.41) is 2.71. The molecular weight excluding hydrogens is 188 g/mol. The van der Waals surface area contributed by atoms with Gasteiger partial charge >= 0.3 is 0 Å². The van der Waals surface area contributed by atoms with Gasteiger partial charge in [0.05, 0.1) is 0 Å². The van der Waals surface area contributed by atoms with E-state index in [0.29, 0.717) is 12.2 Å². The lowest BCUT2D eigenvalue weighted by atomic mass is 10.2. The topological polar surface area (TPSA) is 42.0 Å². The molecule has 1 heterocycles. The lowest BCUT2D eigenvalue weighted by molar-refractivity contribution is 0.0950. The minimum Gasteiger partial charge on any atom is -0.351 e. The maximum absolute atomic E-state index is 11.3. The first-order valence-electron chi connectivity index (χ1n) is 5.37. The Morgan fingerprint density at radius 3 is 2.40 bits per heavy atom. The number of aromatic nitrogens is 1. The van der Waals surface area contributed by atoms with Crippen LogP contribution in [0.15, 0.2) is 12.1 Å². The van der Waals surface area contributed by atoms with E-state index >= 15 is 0 Å². The number of aryl methyl sites for hydroxylation is 2. The highest BCUT2D eigenvalue weighted by Gasteiger charge is 2.05. The van der Waals surface area contributed by atoms with Crippen molar-refractivity contribution in [1.82, 2.24) is 10.3 Å². The van der Waals surface area contributed by atoms with Crippen LogP contribution >= 0.6 is 0 Å². The highest BCUT2D eigenvalue weighted by molar-refractivity contribution is 5.92. The molecule has 1 N–H and O–H groups in total. The van der Waals surface area contributed by atoms with Crippen LogP contribution < -0.4 is 5.32 Å². The SMILES string of the molecule is CC.CCNC(=O)c1ccc(C)c(C)n1. The maximum Gasteiger partial charge on any atom is 0.269 e. The fourth-order valence-corrected chi connectivity index (χ4v) is 1.01. The van der Waals surface area contributed by atoms with Gasteiger partial charge in [0.1, 0.15) is 5.69 Å². The Labute approximate surface area is 91.9 Å². The maximum atomic E-state index is 11.3. The van der Waals surface area contributed by atoms with Crippen LogP contribution in [0.1, 0.15) is 42.5 Å². The minimum absolute atomic E-state index is 0.106. The van der Waals surface area contributed by atoms with Gasteiger partial charge in [-0.1, -0.05) is 19.9 Å². The van der Waals surface area contributed by atoms with E-state index in [4.69, 9.17) is 0 Å². The van der Waals surface area contributed by atoms with Crippen molar-refractivity contribution in [1.29, 1.82) is 0 Å². The number of nitrogens with one attached hydrogen (secondary N) is 1. The lowest BCUT2D eigenvalue weighted by Crippen LogP contribution is -2.23. The van der Waals surface area contributed by atoms with Crippen LogP contribution in [-0.2, 0) is 0 Å². The third kappa shape index (κ3) is 4.11. The average molecular weight is 208 g/mol. The molecule has 15 heavy (non-hydrogen) atoms. The van der Waals surface area contributed by atoms with Crippen molar-refractivity contribution in [2.45, 2.75) is 34.6 Å². The Morgan fingerprint density at radius 2 is 1.93 bits per heavy atom. The fourth-order valence-electron chi connectivity index (χ4n) is 1.01. The Hall–Kier alpha value is -1.38. The van der Waals surface area contributed by atoms with E-state index in [1.165, 1.54) is 0 Å². The number of hydrogen-bond acceptors (Lipinski definition) is 2. The van der Waals surface area contributed by atoms with E-state index in [0.717, 1.165) is 11.3 Å². The van der Waals surface area contributed by atoms with Crippen LogP contribution in [0.3, 0.4) is 0 Å². The summed E-state index contributed by atoms with van der Waals surface area (Å²) in [4.78, 5) is 15.5. The quantitative estimate of drug-likeness (QED) is 0.811. The Morgan fingerprint density at radius 1 is 1.33 bits per heavy atom. The molecule has 0 aliphatic rings. The first kappa shape index (κ1) is 13.6. The third-order valence-corrected chi connectivity index (χ3v) is 1.92. The van der Waals surface area contributed by atoms with Gasteiger partial charge in [0, 0.05) is 12.2 Å². The molecule has 0 bridgehead atoms. The van der Waals surface area contributed by atoms with Gasteiger partial charge in [0.2, 0.25) is 0 Å². The zero-order valence-corrected chi connectivity index (χ0v) is 10.2. The molecular formula is C12H20N2O. The molecule has 1 aromatic rings. The van der Waals surface area contributed by atoms with Gasteiger partial charge in [-0.15, -0.1) is 0 Å². The molecule has 1 amide bonds. The summed E-state index contributed by atoms with van der Waals surface area (Å²) in [6, 6.07) is 3.65. The Kier molecular flexibility index (Phi) is 6.34. The van der Waals surface area contributed by atoms with E-state index in [1.54, 1.807) is 6.07 Å². The number of nitrogens with zero attached hydrogens (tertiary/aromatic N) is 1. The molecule has 0 radical (unpaired) electrons. The lowest BCUT2D eigenvalue weighted by Gasteiger charge is -2.03. The monoisotopic (exact) mass is 208 g/mol. The molecule has 0 unspecified atom stereocenters. The van der Waals surface area contributed by atoms with Crippen molar-refractivity contribution in [3.8, 4) is 0 Å². The van der Waals surface area contributed by atoms with Crippen LogP contribution in [0.2, 0.25) is 0 Å². The predicted octanol–water partition coefficient (Wildman–Crippen LogP) is 2.47. The van der Waals surface area contributed by atoms with Crippen molar-refractivity contribution in [2.24, 2.45) is 0 Å². The van der Waals surface area contributed by atoms with E-state index in [9.17, 15) is 4.79 Å². The van der Waals surface area contributed by atoms with Gasteiger partial charge in [-0.2, -0.15) is 0 Å². The number of amides is 1. The molecule has 0 saturated heterocycles. The number of carbonyl (C=O) groups is 1. The van der Waals surface area contributed by atoms with E-state index in [2.05, 4.69) is 10.3 Å². The molecule has 0 fully saturated rings. The molecule has 0 aromatic carbocycles. The number of rotatable bonds is 2. The summed E-state index contributed by atoms with van der Waals surface area (Å²) in [5.41, 5.74) is 2.50. The van der Waals surface area contributed by atoms with Crippen LogP contribution in [0, 0.1) is 13.8 Å². The Bertz CT molecular complexity index is 321. The Balaban J connectivity index is 0.000000921. The van der Waals surface area contributed by atoms with Gasteiger partial charge < -0.3 is 5.32 Å². The fraction of sp³-hybridized carbons (Fsp3) is 0.500. The van der Waals surface area contributed by atoms with Crippen molar-refractivity contribution < 1.29 is 4.79 Å². The standard InChI is InChI=1S/C10H14N2O.C2H6/c1-4-11-10(13)9-6-5-7(2)8(3)12-9;1-2/h5-6H,4H2,1-3H3,(H,11,13);1-2H3. The summed E-state index contributed by atoms with van der Waals surface area (Å²) >= 11 is 0.